The van der Waals surface area contributed by atoms with Gasteiger partial charge in [-0.15, -0.1) is 10.2 Å². The molecule has 122 valence electrons. The van der Waals surface area contributed by atoms with Crippen molar-refractivity contribution in [2.75, 3.05) is 0 Å². The van der Waals surface area contributed by atoms with Gasteiger partial charge in [0, 0.05) is 11.1 Å². The molecule has 0 bridgehead atoms. The van der Waals surface area contributed by atoms with Gasteiger partial charge in [0.2, 0.25) is 5.82 Å². The van der Waals surface area contributed by atoms with Crippen LogP contribution in [0.5, 0.6) is 0 Å². The van der Waals surface area contributed by atoms with Gasteiger partial charge in [-0.3, -0.25) is 4.79 Å². The molecule has 1 unspecified atom stereocenters. The van der Waals surface area contributed by atoms with E-state index in [9.17, 15) is 4.79 Å². The molecule has 5 heteroatoms. The standard InChI is InChI=1S/C19H20N4O/c1-12-6-9-16(10-7-12)19-20-22-23(21-19)15(4)18(24)17-11-13(2)5-8-14(17)3/h5-11,15H,1-4H3. The number of Topliss-reactive ketones (excluding diaryl/α,β-unsaturated/α-hetero) is 1. The molecule has 0 radical (unpaired) electrons. The highest BCUT2D eigenvalue weighted by molar-refractivity contribution is 6.00. The number of aryl methyl sites for hydroxylation is 3. The maximum atomic E-state index is 12.8. The molecule has 2 aromatic carbocycles. The fourth-order valence-electron chi connectivity index (χ4n) is 2.54. The molecule has 0 amide bonds. The van der Waals surface area contributed by atoms with Crippen LogP contribution in [0.4, 0.5) is 0 Å². The van der Waals surface area contributed by atoms with Crippen molar-refractivity contribution in [3.63, 3.8) is 0 Å². The second kappa shape index (κ2) is 6.35. The minimum absolute atomic E-state index is 0.0101. The molecular weight excluding hydrogens is 300 g/mol. The zero-order valence-electron chi connectivity index (χ0n) is 14.3. The molecule has 3 aromatic rings. The summed E-state index contributed by atoms with van der Waals surface area (Å²) >= 11 is 0. The highest BCUT2D eigenvalue weighted by Crippen LogP contribution is 2.19. The van der Waals surface area contributed by atoms with E-state index in [2.05, 4.69) is 15.4 Å². The number of rotatable bonds is 4. The fraction of sp³-hybridized carbons (Fsp3) is 0.263. The van der Waals surface area contributed by atoms with Gasteiger partial charge >= 0.3 is 0 Å². The van der Waals surface area contributed by atoms with Crippen molar-refractivity contribution in [2.24, 2.45) is 0 Å². The average molecular weight is 320 g/mol. The Hall–Kier alpha value is -2.82. The Kier molecular flexibility index (Phi) is 4.25. The van der Waals surface area contributed by atoms with Crippen molar-refractivity contribution in [1.82, 2.24) is 20.2 Å². The van der Waals surface area contributed by atoms with E-state index in [0.29, 0.717) is 11.4 Å². The smallest absolute Gasteiger partial charge is 0.204 e. The zero-order valence-corrected chi connectivity index (χ0v) is 14.3. The van der Waals surface area contributed by atoms with Crippen molar-refractivity contribution in [1.29, 1.82) is 0 Å². The molecular formula is C19H20N4O. The van der Waals surface area contributed by atoms with Crippen LogP contribution in [-0.4, -0.2) is 26.0 Å². The van der Waals surface area contributed by atoms with Crippen LogP contribution in [0.1, 0.15) is 40.0 Å². The van der Waals surface area contributed by atoms with Crippen LogP contribution >= 0.6 is 0 Å². The lowest BCUT2D eigenvalue weighted by Crippen LogP contribution is -2.20. The van der Waals surface area contributed by atoms with Gasteiger partial charge in [0.1, 0.15) is 6.04 Å². The molecule has 0 N–H and O–H groups in total. The number of ketones is 1. The van der Waals surface area contributed by atoms with Crippen molar-refractivity contribution >= 4 is 5.78 Å². The summed E-state index contributed by atoms with van der Waals surface area (Å²) in [6.07, 6.45) is 0. The lowest BCUT2D eigenvalue weighted by molar-refractivity contribution is 0.0917. The number of nitrogens with zero attached hydrogens (tertiary/aromatic N) is 4. The van der Waals surface area contributed by atoms with E-state index in [1.807, 2.05) is 63.2 Å². The highest BCUT2D eigenvalue weighted by Gasteiger charge is 2.21. The van der Waals surface area contributed by atoms with Crippen LogP contribution in [0.2, 0.25) is 0 Å². The Balaban J connectivity index is 1.88. The number of hydrogen-bond donors (Lipinski definition) is 0. The fourth-order valence-corrected chi connectivity index (χ4v) is 2.54. The number of tetrazole rings is 1. The van der Waals surface area contributed by atoms with Crippen molar-refractivity contribution in [2.45, 2.75) is 33.7 Å². The Morgan fingerprint density at radius 3 is 2.38 bits per heavy atom. The minimum atomic E-state index is -0.503. The van der Waals surface area contributed by atoms with Crippen LogP contribution in [0, 0.1) is 20.8 Å². The van der Waals surface area contributed by atoms with E-state index in [1.165, 1.54) is 10.4 Å². The largest absolute Gasteiger partial charge is 0.292 e. The molecule has 0 aliphatic carbocycles. The molecule has 1 heterocycles. The first-order valence-corrected chi connectivity index (χ1v) is 7.93. The first kappa shape index (κ1) is 16.1. The molecule has 1 atom stereocenters. The van der Waals surface area contributed by atoms with E-state index in [4.69, 9.17) is 0 Å². The molecule has 3 rings (SSSR count). The highest BCUT2D eigenvalue weighted by atomic mass is 16.1. The first-order valence-electron chi connectivity index (χ1n) is 7.93. The SMILES string of the molecule is Cc1ccc(-c2nnn(C(C)C(=O)c3cc(C)ccc3C)n2)cc1. The van der Waals surface area contributed by atoms with Crippen LogP contribution in [0.3, 0.4) is 0 Å². The average Bonchev–Trinajstić information content (AvgIpc) is 3.06. The lowest BCUT2D eigenvalue weighted by atomic mass is 9.98. The molecule has 0 aliphatic rings. The normalized spacial score (nSPS) is 12.2. The van der Waals surface area contributed by atoms with Crippen molar-refractivity contribution in [3.05, 3.63) is 64.7 Å². The van der Waals surface area contributed by atoms with E-state index >= 15 is 0 Å². The number of hydrogen-bond acceptors (Lipinski definition) is 4. The second-order valence-corrected chi connectivity index (χ2v) is 6.16. The van der Waals surface area contributed by atoms with E-state index in [0.717, 1.165) is 16.7 Å². The van der Waals surface area contributed by atoms with Crippen molar-refractivity contribution < 1.29 is 4.79 Å². The maximum absolute atomic E-state index is 12.8. The summed E-state index contributed by atoms with van der Waals surface area (Å²) in [4.78, 5) is 14.2. The molecule has 1 aromatic heterocycles. The quantitative estimate of drug-likeness (QED) is 0.688. The molecule has 5 nitrogen and oxygen atoms in total. The number of aromatic nitrogens is 4. The number of carbonyl (C=O) groups excluding carboxylic acids is 1. The van der Waals surface area contributed by atoms with Gasteiger partial charge in [-0.05, 0) is 44.5 Å². The third-order valence-electron chi connectivity index (χ3n) is 4.12. The van der Waals surface area contributed by atoms with Crippen molar-refractivity contribution in [3.8, 4) is 11.4 Å². The number of benzene rings is 2. The molecule has 0 aliphatic heterocycles. The summed E-state index contributed by atoms with van der Waals surface area (Å²) in [5.74, 6) is 0.514. The molecule has 0 fully saturated rings. The van der Waals surface area contributed by atoms with Gasteiger partial charge in [-0.25, -0.2) is 0 Å². The predicted molar refractivity (Wildman–Crippen MR) is 92.9 cm³/mol. The van der Waals surface area contributed by atoms with Gasteiger partial charge < -0.3 is 0 Å². The topological polar surface area (TPSA) is 60.7 Å². The molecule has 24 heavy (non-hydrogen) atoms. The van der Waals surface area contributed by atoms with Crippen LogP contribution in [0.25, 0.3) is 11.4 Å². The Labute approximate surface area is 141 Å². The Morgan fingerprint density at radius 1 is 1.00 bits per heavy atom. The van der Waals surface area contributed by atoms with E-state index in [1.54, 1.807) is 6.92 Å². The summed E-state index contributed by atoms with van der Waals surface area (Å²) in [5, 5.41) is 12.5. The van der Waals surface area contributed by atoms with Gasteiger partial charge in [0.25, 0.3) is 0 Å². The predicted octanol–water partition coefficient (Wildman–Crippen LogP) is 3.71. The monoisotopic (exact) mass is 320 g/mol. The second-order valence-electron chi connectivity index (χ2n) is 6.16. The Morgan fingerprint density at radius 2 is 1.67 bits per heavy atom. The molecule has 0 saturated heterocycles. The molecule has 0 saturated carbocycles. The minimum Gasteiger partial charge on any atom is -0.292 e. The summed E-state index contributed by atoms with van der Waals surface area (Å²) < 4.78 is 0. The third kappa shape index (κ3) is 3.11. The zero-order chi connectivity index (χ0) is 17.3. The van der Waals surface area contributed by atoms with Gasteiger partial charge in [0.15, 0.2) is 5.78 Å². The summed E-state index contributed by atoms with van der Waals surface area (Å²) in [5.41, 5.74) is 4.78. The number of carbonyl (C=O) groups is 1. The van der Waals surface area contributed by atoms with Gasteiger partial charge in [-0.1, -0.05) is 47.5 Å². The summed E-state index contributed by atoms with van der Waals surface area (Å²) in [6, 6.07) is 13.3. The van der Waals surface area contributed by atoms with Gasteiger partial charge in [0.05, 0.1) is 0 Å². The first-order chi connectivity index (χ1) is 11.5. The lowest BCUT2D eigenvalue weighted by Gasteiger charge is -2.11. The van der Waals surface area contributed by atoms with Gasteiger partial charge in [-0.2, -0.15) is 4.80 Å². The van der Waals surface area contributed by atoms with E-state index < -0.39 is 6.04 Å². The van der Waals surface area contributed by atoms with E-state index in [-0.39, 0.29) is 5.78 Å². The van der Waals surface area contributed by atoms with Crippen LogP contribution in [-0.2, 0) is 0 Å². The Bertz CT molecular complexity index is 881. The molecule has 0 spiro atoms. The third-order valence-corrected chi connectivity index (χ3v) is 4.12. The van der Waals surface area contributed by atoms with Crippen LogP contribution < -0.4 is 0 Å². The maximum Gasteiger partial charge on any atom is 0.204 e. The summed E-state index contributed by atoms with van der Waals surface area (Å²) in [6.45, 7) is 7.74. The summed E-state index contributed by atoms with van der Waals surface area (Å²) in [7, 11) is 0. The van der Waals surface area contributed by atoms with Crippen LogP contribution in [0.15, 0.2) is 42.5 Å².